The van der Waals surface area contributed by atoms with Crippen molar-refractivity contribution < 1.29 is 14.3 Å². The molecule has 0 aliphatic heterocycles. The summed E-state index contributed by atoms with van der Waals surface area (Å²) >= 11 is 0. The molecule has 17 heavy (non-hydrogen) atoms. The van der Waals surface area contributed by atoms with Crippen LogP contribution in [0.3, 0.4) is 0 Å². The van der Waals surface area contributed by atoms with Gasteiger partial charge in [0.25, 0.3) is 0 Å². The van der Waals surface area contributed by atoms with Crippen molar-refractivity contribution in [3.05, 3.63) is 35.9 Å². The van der Waals surface area contributed by atoms with Crippen molar-refractivity contribution in [2.45, 2.75) is 6.92 Å². The van der Waals surface area contributed by atoms with Crippen molar-refractivity contribution in [1.29, 1.82) is 0 Å². The summed E-state index contributed by atoms with van der Waals surface area (Å²) in [6.07, 6.45) is 3.04. The smallest absolute Gasteiger partial charge is 0.330 e. The monoisotopic (exact) mass is 235 g/mol. The SMILES string of the molecule is CCOCCOC(=O)/C=C/c1cccc(N)c1. The molecule has 0 unspecified atom stereocenters. The fourth-order valence-electron chi connectivity index (χ4n) is 1.22. The molecule has 0 radical (unpaired) electrons. The highest BCUT2D eigenvalue weighted by Crippen LogP contribution is 2.07. The Bertz CT molecular complexity index is 388. The number of carbonyl (C=O) groups is 1. The summed E-state index contributed by atoms with van der Waals surface area (Å²) in [4.78, 5) is 11.3. The van der Waals surface area contributed by atoms with Crippen LogP contribution in [0.1, 0.15) is 12.5 Å². The van der Waals surface area contributed by atoms with E-state index in [0.717, 1.165) is 5.56 Å². The lowest BCUT2D eigenvalue weighted by Crippen LogP contribution is -2.08. The van der Waals surface area contributed by atoms with E-state index < -0.39 is 0 Å². The second-order valence-corrected chi connectivity index (χ2v) is 3.37. The lowest BCUT2D eigenvalue weighted by atomic mass is 10.2. The van der Waals surface area contributed by atoms with E-state index in [9.17, 15) is 4.79 Å². The summed E-state index contributed by atoms with van der Waals surface area (Å²) in [5.41, 5.74) is 7.14. The van der Waals surface area contributed by atoms with Gasteiger partial charge in [0.05, 0.1) is 6.61 Å². The second kappa shape index (κ2) is 7.46. The number of benzene rings is 1. The molecule has 1 aromatic carbocycles. The Hall–Kier alpha value is -1.81. The largest absolute Gasteiger partial charge is 0.460 e. The van der Waals surface area contributed by atoms with Gasteiger partial charge in [-0.05, 0) is 30.7 Å². The van der Waals surface area contributed by atoms with Gasteiger partial charge < -0.3 is 15.2 Å². The minimum absolute atomic E-state index is 0.272. The zero-order valence-corrected chi connectivity index (χ0v) is 9.89. The Labute approximate surface area is 101 Å². The van der Waals surface area contributed by atoms with Gasteiger partial charge in [0.15, 0.2) is 0 Å². The van der Waals surface area contributed by atoms with Crippen LogP contribution in [-0.4, -0.2) is 25.8 Å². The Morgan fingerprint density at radius 3 is 2.94 bits per heavy atom. The van der Waals surface area contributed by atoms with E-state index in [1.54, 1.807) is 18.2 Å². The Balaban J connectivity index is 2.35. The molecule has 0 aliphatic carbocycles. The minimum atomic E-state index is -0.382. The molecule has 0 aromatic heterocycles. The van der Waals surface area contributed by atoms with Crippen LogP contribution in [0.15, 0.2) is 30.3 Å². The van der Waals surface area contributed by atoms with Gasteiger partial charge in [-0.15, -0.1) is 0 Å². The van der Waals surface area contributed by atoms with E-state index in [1.165, 1.54) is 6.08 Å². The Kier molecular flexibility index (Phi) is 5.82. The predicted octanol–water partition coefficient (Wildman–Crippen LogP) is 1.86. The van der Waals surface area contributed by atoms with Crippen LogP contribution in [-0.2, 0) is 14.3 Å². The molecule has 4 heteroatoms. The van der Waals surface area contributed by atoms with E-state index in [2.05, 4.69) is 0 Å². The molecule has 0 amide bonds. The first kappa shape index (κ1) is 13.3. The van der Waals surface area contributed by atoms with E-state index in [4.69, 9.17) is 15.2 Å². The summed E-state index contributed by atoms with van der Waals surface area (Å²) in [6, 6.07) is 7.26. The number of hydrogen-bond donors (Lipinski definition) is 1. The van der Waals surface area contributed by atoms with Crippen molar-refractivity contribution in [3.8, 4) is 0 Å². The number of hydrogen-bond acceptors (Lipinski definition) is 4. The molecule has 0 aliphatic rings. The van der Waals surface area contributed by atoms with Crippen LogP contribution < -0.4 is 5.73 Å². The van der Waals surface area contributed by atoms with Crippen LogP contribution >= 0.6 is 0 Å². The Morgan fingerprint density at radius 2 is 2.24 bits per heavy atom. The molecule has 0 bridgehead atoms. The third-order valence-corrected chi connectivity index (χ3v) is 2.00. The maximum atomic E-state index is 11.3. The van der Waals surface area contributed by atoms with Gasteiger partial charge >= 0.3 is 5.97 Å². The summed E-state index contributed by atoms with van der Waals surface area (Å²) in [7, 11) is 0. The topological polar surface area (TPSA) is 61.5 Å². The number of nitrogen functional groups attached to an aromatic ring is 1. The van der Waals surface area contributed by atoms with Crippen molar-refractivity contribution in [2.75, 3.05) is 25.6 Å². The standard InChI is InChI=1S/C13H17NO3/c1-2-16-8-9-17-13(15)7-6-11-4-3-5-12(14)10-11/h3-7,10H,2,8-9,14H2,1H3/b7-6+. The average molecular weight is 235 g/mol. The fraction of sp³-hybridized carbons (Fsp3) is 0.308. The molecular weight excluding hydrogens is 218 g/mol. The van der Waals surface area contributed by atoms with Gasteiger partial charge in [0, 0.05) is 18.4 Å². The second-order valence-electron chi connectivity index (χ2n) is 3.37. The summed E-state index contributed by atoms with van der Waals surface area (Å²) < 4.78 is 9.96. The van der Waals surface area contributed by atoms with Crippen molar-refractivity contribution >= 4 is 17.7 Å². The van der Waals surface area contributed by atoms with E-state index >= 15 is 0 Å². The van der Waals surface area contributed by atoms with Gasteiger partial charge in [-0.3, -0.25) is 0 Å². The van der Waals surface area contributed by atoms with Gasteiger partial charge in [0.1, 0.15) is 6.61 Å². The maximum Gasteiger partial charge on any atom is 0.330 e. The number of nitrogens with two attached hydrogens (primary N) is 1. The summed E-state index contributed by atoms with van der Waals surface area (Å²) in [5, 5.41) is 0. The first-order valence-electron chi connectivity index (χ1n) is 5.50. The zero-order chi connectivity index (χ0) is 12.5. The van der Waals surface area contributed by atoms with Gasteiger partial charge in [-0.1, -0.05) is 12.1 Å². The quantitative estimate of drug-likeness (QED) is 0.354. The molecule has 4 nitrogen and oxygen atoms in total. The molecule has 0 heterocycles. The number of anilines is 1. The fourth-order valence-corrected chi connectivity index (χ4v) is 1.22. The summed E-state index contributed by atoms with van der Waals surface area (Å²) in [6.45, 7) is 3.21. The lowest BCUT2D eigenvalue weighted by Gasteiger charge is -2.01. The summed E-state index contributed by atoms with van der Waals surface area (Å²) in [5.74, 6) is -0.382. The average Bonchev–Trinajstić information content (AvgIpc) is 2.32. The molecular formula is C13H17NO3. The van der Waals surface area contributed by atoms with E-state index in [-0.39, 0.29) is 12.6 Å². The number of esters is 1. The van der Waals surface area contributed by atoms with Crippen molar-refractivity contribution in [2.24, 2.45) is 0 Å². The predicted molar refractivity (Wildman–Crippen MR) is 67.3 cm³/mol. The first-order chi connectivity index (χ1) is 8.22. The molecule has 2 N–H and O–H groups in total. The molecule has 0 fully saturated rings. The first-order valence-corrected chi connectivity index (χ1v) is 5.50. The highest BCUT2D eigenvalue weighted by atomic mass is 16.6. The number of carbonyl (C=O) groups excluding carboxylic acids is 1. The number of ether oxygens (including phenoxy) is 2. The van der Waals surface area contributed by atoms with Crippen molar-refractivity contribution in [1.82, 2.24) is 0 Å². The third kappa shape index (κ3) is 5.73. The van der Waals surface area contributed by atoms with Crippen LogP contribution in [0.25, 0.3) is 6.08 Å². The van der Waals surface area contributed by atoms with Crippen LogP contribution in [0.4, 0.5) is 5.69 Å². The lowest BCUT2D eigenvalue weighted by molar-refractivity contribution is -0.139. The zero-order valence-electron chi connectivity index (χ0n) is 9.89. The molecule has 0 saturated carbocycles. The molecule has 1 aromatic rings. The maximum absolute atomic E-state index is 11.3. The van der Waals surface area contributed by atoms with Gasteiger partial charge in [-0.2, -0.15) is 0 Å². The highest BCUT2D eigenvalue weighted by molar-refractivity contribution is 5.87. The number of rotatable bonds is 6. The van der Waals surface area contributed by atoms with Crippen molar-refractivity contribution in [3.63, 3.8) is 0 Å². The molecule has 1 rings (SSSR count). The Morgan fingerprint density at radius 1 is 1.41 bits per heavy atom. The molecule has 0 atom stereocenters. The molecule has 0 saturated heterocycles. The molecule has 0 spiro atoms. The van der Waals surface area contributed by atoms with Crippen LogP contribution in [0, 0.1) is 0 Å². The van der Waals surface area contributed by atoms with Crippen LogP contribution in [0.2, 0.25) is 0 Å². The normalized spacial score (nSPS) is 10.6. The third-order valence-electron chi connectivity index (χ3n) is 2.00. The van der Waals surface area contributed by atoms with E-state index in [0.29, 0.717) is 18.9 Å². The molecule has 92 valence electrons. The van der Waals surface area contributed by atoms with Gasteiger partial charge in [0.2, 0.25) is 0 Å². The van der Waals surface area contributed by atoms with Crippen LogP contribution in [0.5, 0.6) is 0 Å². The van der Waals surface area contributed by atoms with E-state index in [1.807, 2.05) is 19.1 Å². The highest BCUT2D eigenvalue weighted by Gasteiger charge is 1.96. The minimum Gasteiger partial charge on any atom is -0.460 e. The van der Waals surface area contributed by atoms with Gasteiger partial charge in [-0.25, -0.2) is 4.79 Å².